The highest BCUT2D eigenvalue weighted by atomic mass is 35.5. The van der Waals surface area contributed by atoms with E-state index < -0.39 is 0 Å². The van der Waals surface area contributed by atoms with Crippen LogP contribution in [0.25, 0.3) is 0 Å². The molecule has 1 aromatic carbocycles. The minimum atomic E-state index is 0.484. The zero-order valence-corrected chi connectivity index (χ0v) is 13.2. The van der Waals surface area contributed by atoms with Crippen LogP contribution in [0, 0.1) is 0 Å². The zero-order chi connectivity index (χ0) is 15.1. The molecule has 0 bridgehead atoms. The van der Waals surface area contributed by atoms with Gasteiger partial charge in [0.25, 0.3) is 0 Å². The number of aromatic nitrogens is 2. The molecule has 0 aliphatic carbocycles. The van der Waals surface area contributed by atoms with Crippen molar-refractivity contribution in [1.29, 1.82) is 0 Å². The Labute approximate surface area is 130 Å². The monoisotopic (exact) mass is 305 g/mol. The molecule has 0 spiro atoms. The van der Waals surface area contributed by atoms with Crippen LogP contribution in [0.15, 0.2) is 30.3 Å². The fourth-order valence-electron chi connectivity index (χ4n) is 2.05. The summed E-state index contributed by atoms with van der Waals surface area (Å²) in [6.45, 7) is 2.88. The molecule has 2 rings (SSSR count). The van der Waals surface area contributed by atoms with E-state index in [1.807, 2.05) is 18.2 Å². The summed E-state index contributed by atoms with van der Waals surface area (Å²) in [5.41, 5.74) is 1.22. The summed E-state index contributed by atoms with van der Waals surface area (Å²) in [6, 6.07) is 9.82. The van der Waals surface area contributed by atoms with Crippen LogP contribution in [0.5, 0.6) is 5.75 Å². The standard InChI is InChI=1S/C16H20ClN3O/c1-3-5-15-19-14(17)11-16(20-15)18-9-8-12-6-4-7-13(10-12)21-2/h4,6-7,10-11H,3,5,8-9H2,1-2H3,(H,18,19,20). The molecule has 5 heteroatoms. The zero-order valence-electron chi connectivity index (χ0n) is 12.4. The van der Waals surface area contributed by atoms with E-state index in [1.54, 1.807) is 13.2 Å². The van der Waals surface area contributed by atoms with Crippen molar-refractivity contribution in [1.82, 2.24) is 9.97 Å². The Hall–Kier alpha value is -1.81. The number of hydrogen-bond acceptors (Lipinski definition) is 4. The first-order valence-corrected chi connectivity index (χ1v) is 7.49. The number of rotatable bonds is 7. The highest BCUT2D eigenvalue weighted by Gasteiger charge is 2.03. The number of anilines is 1. The second-order valence-corrected chi connectivity index (χ2v) is 5.16. The molecule has 1 heterocycles. The van der Waals surface area contributed by atoms with Gasteiger partial charge < -0.3 is 10.1 Å². The van der Waals surface area contributed by atoms with Crippen molar-refractivity contribution in [3.63, 3.8) is 0 Å². The SMILES string of the molecule is CCCc1nc(Cl)cc(NCCc2cccc(OC)c2)n1. The van der Waals surface area contributed by atoms with Crippen LogP contribution in [-0.2, 0) is 12.8 Å². The largest absolute Gasteiger partial charge is 0.497 e. The van der Waals surface area contributed by atoms with E-state index in [1.165, 1.54) is 5.56 Å². The Morgan fingerprint density at radius 2 is 2.05 bits per heavy atom. The maximum atomic E-state index is 6.01. The third-order valence-electron chi connectivity index (χ3n) is 3.07. The minimum Gasteiger partial charge on any atom is -0.497 e. The fourth-order valence-corrected chi connectivity index (χ4v) is 2.25. The molecule has 2 aromatic rings. The van der Waals surface area contributed by atoms with Crippen LogP contribution >= 0.6 is 11.6 Å². The number of ether oxygens (including phenoxy) is 1. The smallest absolute Gasteiger partial charge is 0.134 e. The summed E-state index contributed by atoms with van der Waals surface area (Å²) in [5.74, 6) is 2.44. The quantitative estimate of drug-likeness (QED) is 0.792. The molecular weight excluding hydrogens is 286 g/mol. The van der Waals surface area contributed by atoms with Crippen molar-refractivity contribution in [3.8, 4) is 5.75 Å². The normalized spacial score (nSPS) is 10.4. The van der Waals surface area contributed by atoms with Gasteiger partial charge in [-0.1, -0.05) is 30.7 Å². The van der Waals surface area contributed by atoms with Gasteiger partial charge in [0, 0.05) is 19.0 Å². The maximum absolute atomic E-state index is 6.01. The molecule has 0 aliphatic rings. The number of nitrogens with one attached hydrogen (secondary N) is 1. The Bertz CT molecular complexity index is 589. The predicted molar refractivity (Wildman–Crippen MR) is 86.2 cm³/mol. The van der Waals surface area contributed by atoms with Crippen molar-refractivity contribution in [3.05, 3.63) is 46.9 Å². The molecule has 0 amide bonds. The third kappa shape index (κ3) is 4.90. The number of halogens is 1. The molecule has 0 saturated carbocycles. The van der Waals surface area contributed by atoms with Crippen LogP contribution in [0.1, 0.15) is 24.7 Å². The molecule has 0 saturated heterocycles. The number of nitrogens with zero attached hydrogens (tertiary/aromatic N) is 2. The van der Waals surface area contributed by atoms with E-state index in [0.717, 1.165) is 43.2 Å². The lowest BCUT2D eigenvalue weighted by atomic mass is 10.1. The second kappa shape index (κ2) is 7.84. The van der Waals surface area contributed by atoms with Gasteiger partial charge in [0.2, 0.25) is 0 Å². The first-order chi connectivity index (χ1) is 10.2. The third-order valence-corrected chi connectivity index (χ3v) is 3.26. The first kappa shape index (κ1) is 15.6. The van der Waals surface area contributed by atoms with Gasteiger partial charge >= 0.3 is 0 Å². The molecule has 0 aliphatic heterocycles. The average molecular weight is 306 g/mol. The molecule has 4 nitrogen and oxygen atoms in total. The molecule has 21 heavy (non-hydrogen) atoms. The van der Waals surface area contributed by atoms with E-state index in [2.05, 4.69) is 28.3 Å². The van der Waals surface area contributed by atoms with E-state index in [0.29, 0.717) is 5.15 Å². The minimum absolute atomic E-state index is 0.484. The summed E-state index contributed by atoms with van der Waals surface area (Å²) in [5, 5.41) is 3.78. The topological polar surface area (TPSA) is 47.0 Å². The van der Waals surface area contributed by atoms with Crippen molar-refractivity contribution < 1.29 is 4.74 Å². The maximum Gasteiger partial charge on any atom is 0.134 e. The highest BCUT2D eigenvalue weighted by molar-refractivity contribution is 6.29. The summed E-state index contributed by atoms with van der Waals surface area (Å²) in [4.78, 5) is 8.67. The molecule has 0 atom stereocenters. The van der Waals surface area contributed by atoms with Crippen molar-refractivity contribution in [2.75, 3.05) is 19.0 Å². The summed E-state index contributed by atoms with van der Waals surface area (Å²) >= 11 is 6.01. The van der Waals surface area contributed by atoms with Crippen molar-refractivity contribution >= 4 is 17.4 Å². The van der Waals surface area contributed by atoms with Gasteiger partial charge in [-0.2, -0.15) is 0 Å². The molecule has 0 unspecified atom stereocenters. The van der Waals surface area contributed by atoms with E-state index >= 15 is 0 Å². The highest BCUT2D eigenvalue weighted by Crippen LogP contribution is 2.15. The van der Waals surface area contributed by atoms with Crippen LogP contribution in [0.2, 0.25) is 5.15 Å². The van der Waals surface area contributed by atoms with Gasteiger partial charge in [0.15, 0.2) is 0 Å². The van der Waals surface area contributed by atoms with Gasteiger partial charge in [0.05, 0.1) is 7.11 Å². The van der Waals surface area contributed by atoms with Gasteiger partial charge in [0.1, 0.15) is 22.5 Å². The molecule has 0 radical (unpaired) electrons. The van der Waals surface area contributed by atoms with Gasteiger partial charge in [-0.15, -0.1) is 0 Å². The lowest BCUT2D eigenvalue weighted by molar-refractivity contribution is 0.414. The van der Waals surface area contributed by atoms with Crippen molar-refractivity contribution in [2.24, 2.45) is 0 Å². The Morgan fingerprint density at radius 1 is 1.19 bits per heavy atom. The average Bonchev–Trinajstić information content (AvgIpc) is 2.47. The predicted octanol–water partition coefficient (Wildman–Crippen LogP) is 3.75. The molecule has 112 valence electrons. The Morgan fingerprint density at radius 3 is 2.81 bits per heavy atom. The number of benzene rings is 1. The molecule has 1 aromatic heterocycles. The first-order valence-electron chi connectivity index (χ1n) is 7.11. The van der Waals surface area contributed by atoms with Crippen LogP contribution in [-0.4, -0.2) is 23.6 Å². The van der Waals surface area contributed by atoms with Gasteiger partial charge in [-0.3, -0.25) is 0 Å². The van der Waals surface area contributed by atoms with E-state index in [-0.39, 0.29) is 0 Å². The number of hydrogen-bond donors (Lipinski definition) is 1. The van der Waals surface area contributed by atoms with Gasteiger partial charge in [-0.25, -0.2) is 9.97 Å². The summed E-state index contributed by atoms with van der Waals surface area (Å²) < 4.78 is 5.22. The molecule has 1 N–H and O–H groups in total. The molecule has 0 fully saturated rings. The van der Waals surface area contributed by atoms with E-state index in [9.17, 15) is 0 Å². The van der Waals surface area contributed by atoms with Crippen LogP contribution in [0.4, 0.5) is 5.82 Å². The Balaban J connectivity index is 1.93. The number of methoxy groups -OCH3 is 1. The van der Waals surface area contributed by atoms with Gasteiger partial charge in [-0.05, 0) is 30.5 Å². The van der Waals surface area contributed by atoms with Crippen LogP contribution in [0.3, 0.4) is 0 Å². The fraction of sp³-hybridized carbons (Fsp3) is 0.375. The lowest BCUT2D eigenvalue weighted by Gasteiger charge is -2.08. The summed E-state index contributed by atoms with van der Waals surface area (Å²) in [6.07, 6.45) is 2.73. The number of aryl methyl sites for hydroxylation is 1. The Kier molecular flexibility index (Phi) is 5.81. The lowest BCUT2D eigenvalue weighted by Crippen LogP contribution is -2.08. The second-order valence-electron chi connectivity index (χ2n) is 4.77. The van der Waals surface area contributed by atoms with Crippen LogP contribution < -0.4 is 10.1 Å². The molecular formula is C16H20ClN3O. The summed E-state index contributed by atoms with van der Waals surface area (Å²) in [7, 11) is 1.68. The van der Waals surface area contributed by atoms with E-state index in [4.69, 9.17) is 16.3 Å². The van der Waals surface area contributed by atoms with Crippen molar-refractivity contribution in [2.45, 2.75) is 26.2 Å².